The van der Waals surface area contributed by atoms with Gasteiger partial charge >= 0.3 is 0 Å². The molecule has 4 rings (SSSR count). The van der Waals surface area contributed by atoms with Crippen LogP contribution in [0.5, 0.6) is 17.2 Å². The van der Waals surface area contributed by atoms with E-state index in [2.05, 4.69) is 0 Å². The van der Waals surface area contributed by atoms with Crippen LogP contribution >= 0.6 is 0 Å². The van der Waals surface area contributed by atoms with Gasteiger partial charge < -0.3 is 13.9 Å². The fraction of sp³-hybridized carbons (Fsp3) is 0.0476. The zero-order valence-electron chi connectivity index (χ0n) is 13.2. The van der Waals surface area contributed by atoms with Crippen LogP contribution in [0, 0.1) is 0 Å². The number of furan rings is 1. The van der Waals surface area contributed by atoms with Gasteiger partial charge in [0.2, 0.25) is 0 Å². The molecule has 0 saturated carbocycles. The van der Waals surface area contributed by atoms with Gasteiger partial charge in [-0.3, -0.25) is 0 Å². The molecule has 3 nitrogen and oxygen atoms in total. The van der Waals surface area contributed by atoms with E-state index >= 15 is 0 Å². The molecular weight excluding hydrogens is 300 g/mol. The Kier molecular flexibility index (Phi) is 3.67. The lowest BCUT2D eigenvalue weighted by atomic mass is 10.0. The number of rotatable bonds is 4. The monoisotopic (exact) mass is 316 g/mol. The summed E-state index contributed by atoms with van der Waals surface area (Å²) in [4.78, 5) is 0. The predicted molar refractivity (Wildman–Crippen MR) is 94.7 cm³/mol. The molecule has 24 heavy (non-hydrogen) atoms. The van der Waals surface area contributed by atoms with Gasteiger partial charge in [-0.15, -0.1) is 0 Å². The molecule has 3 aromatic carbocycles. The van der Waals surface area contributed by atoms with Crippen LogP contribution in [0.1, 0.15) is 0 Å². The van der Waals surface area contributed by atoms with Crippen LogP contribution in [0.15, 0.2) is 83.5 Å². The van der Waals surface area contributed by atoms with Crippen molar-refractivity contribution in [2.24, 2.45) is 0 Å². The summed E-state index contributed by atoms with van der Waals surface area (Å²) in [5.74, 6) is 2.36. The SMILES string of the molecule is COc1cccc2c(-c3ccc(Oc4ccccc4)cc3)coc12. The number of fused-ring (bicyclic) bond motifs is 1. The molecule has 3 heteroatoms. The first-order valence-electron chi connectivity index (χ1n) is 7.73. The highest BCUT2D eigenvalue weighted by molar-refractivity contribution is 5.96. The van der Waals surface area contributed by atoms with Gasteiger partial charge in [0.15, 0.2) is 11.3 Å². The van der Waals surface area contributed by atoms with Crippen LogP contribution in [-0.4, -0.2) is 7.11 Å². The lowest BCUT2D eigenvalue weighted by Gasteiger charge is -2.06. The topological polar surface area (TPSA) is 31.6 Å². The third-order valence-electron chi connectivity index (χ3n) is 3.93. The Bertz CT molecular complexity index is 953. The van der Waals surface area contributed by atoms with Gasteiger partial charge in [-0.05, 0) is 35.9 Å². The number of hydrogen-bond acceptors (Lipinski definition) is 3. The summed E-state index contributed by atoms with van der Waals surface area (Å²) in [5.41, 5.74) is 2.87. The largest absolute Gasteiger partial charge is 0.493 e. The number of benzene rings is 3. The van der Waals surface area contributed by atoms with Crippen molar-refractivity contribution < 1.29 is 13.9 Å². The fourth-order valence-electron chi connectivity index (χ4n) is 2.74. The third kappa shape index (κ3) is 2.61. The Morgan fingerprint density at radius 3 is 2.25 bits per heavy atom. The van der Waals surface area contributed by atoms with Crippen molar-refractivity contribution >= 4 is 11.0 Å². The van der Waals surface area contributed by atoms with Crippen LogP contribution in [0.3, 0.4) is 0 Å². The highest BCUT2D eigenvalue weighted by Gasteiger charge is 2.11. The normalized spacial score (nSPS) is 10.7. The second-order valence-corrected chi connectivity index (χ2v) is 5.43. The van der Waals surface area contributed by atoms with Crippen molar-refractivity contribution in [3.05, 3.63) is 79.1 Å². The summed E-state index contributed by atoms with van der Waals surface area (Å²) >= 11 is 0. The molecule has 0 aliphatic carbocycles. The van der Waals surface area contributed by atoms with Gasteiger partial charge in [0.05, 0.1) is 13.4 Å². The Morgan fingerprint density at radius 2 is 1.50 bits per heavy atom. The summed E-state index contributed by atoms with van der Waals surface area (Å²) in [5, 5.41) is 1.03. The Balaban J connectivity index is 1.66. The van der Waals surface area contributed by atoms with Crippen molar-refractivity contribution in [3.63, 3.8) is 0 Å². The minimum atomic E-state index is 0.739. The minimum absolute atomic E-state index is 0.739. The van der Waals surface area contributed by atoms with Gasteiger partial charge in [-0.1, -0.05) is 42.5 Å². The van der Waals surface area contributed by atoms with E-state index in [1.165, 1.54) is 0 Å². The smallest absolute Gasteiger partial charge is 0.176 e. The number of methoxy groups -OCH3 is 1. The van der Waals surface area contributed by atoms with E-state index in [4.69, 9.17) is 13.9 Å². The van der Waals surface area contributed by atoms with E-state index in [1.807, 2.05) is 72.8 Å². The predicted octanol–water partition coefficient (Wildman–Crippen LogP) is 5.90. The van der Waals surface area contributed by atoms with Crippen molar-refractivity contribution in [1.29, 1.82) is 0 Å². The number of ether oxygens (including phenoxy) is 2. The molecule has 0 spiro atoms. The molecule has 1 heterocycles. The zero-order chi connectivity index (χ0) is 16.4. The molecule has 1 aromatic heterocycles. The summed E-state index contributed by atoms with van der Waals surface area (Å²) in [6.45, 7) is 0. The Labute approximate surface area is 140 Å². The summed E-state index contributed by atoms with van der Waals surface area (Å²) < 4.78 is 16.9. The number of hydrogen-bond donors (Lipinski definition) is 0. The maximum Gasteiger partial charge on any atom is 0.176 e. The highest BCUT2D eigenvalue weighted by atomic mass is 16.5. The maximum absolute atomic E-state index is 5.83. The molecule has 118 valence electrons. The fourth-order valence-corrected chi connectivity index (χ4v) is 2.74. The standard InChI is InChI=1S/C21H16O3/c1-22-20-9-5-8-18-19(14-23-21(18)20)15-10-12-17(13-11-15)24-16-6-3-2-4-7-16/h2-14H,1H3. The van der Waals surface area contributed by atoms with E-state index < -0.39 is 0 Å². The molecule has 0 radical (unpaired) electrons. The molecule has 0 amide bonds. The average molecular weight is 316 g/mol. The molecule has 0 aliphatic heterocycles. The minimum Gasteiger partial charge on any atom is -0.493 e. The molecule has 0 aliphatic rings. The van der Waals surface area contributed by atoms with Crippen molar-refractivity contribution in [1.82, 2.24) is 0 Å². The molecule has 0 N–H and O–H groups in total. The first-order chi connectivity index (χ1) is 11.8. The van der Waals surface area contributed by atoms with Gasteiger partial charge in [0.1, 0.15) is 11.5 Å². The molecular formula is C21H16O3. The van der Waals surface area contributed by atoms with E-state index in [0.717, 1.165) is 39.3 Å². The van der Waals surface area contributed by atoms with Crippen LogP contribution in [0.4, 0.5) is 0 Å². The van der Waals surface area contributed by atoms with Crippen molar-refractivity contribution in [2.45, 2.75) is 0 Å². The second kappa shape index (κ2) is 6.13. The van der Waals surface area contributed by atoms with Crippen molar-refractivity contribution in [2.75, 3.05) is 7.11 Å². The van der Waals surface area contributed by atoms with Crippen LogP contribution in [-0.2, 0) is 0 Å². The van der Waals surface area contributed by atoms with E-state index in [-0.39, 0.29) is 0 Å². The zero-order valence-corrected chi connectivity index (χ0v) is 13.2. The lowest BCUT2D eigenvalue weighted by Crippen LogP contribution is -1.84. The van der Waals surface area contributed by atoms with E-state index in [9.17, 15) is 0 Å². The van der Waals surface area contributed by atoms with Crippen LogP contribution < -0.4 is 9.47 Å². The molecule has 0 atom stereocenters. The quantitative estimate of drug-likeness (QED) is 0.469. The second-order valence-electron chi connectivity index (χ2n) is 5.43. The van der Waals surface area contributed by atoms with Crippen LogP contribution in [0.2, 0.25) is 0 Å². The highest BCUT2D eigenvalue weighted by Crippen LogP contribution is 2.36. The number of para-hydroxylation sites is 2. The van der Waals surface area contributed by atoms with Crippen molar-refractivity contribution in [3.8, 4) is 28.4 Å². The molecule has 0 fully saturated rings. The van der Waals surface area contributed by atoms with Gasteiger partial charge in [-0.2, -0.15) is 0 Å². The first-order valence-corrected chi connectivity index (χ1v) is 7.73. The summed E-state index contributed by atoms with van der Waals surface area (Å²) in [6, 6.07) is 23.6. The third-order valence-corrected chi connectivity index (χ3v) is 3.93. The van der Waals surface area contributed by atoms with Gasteiger partial charge in [0.25, 0.3) is 0 Å². The average Bonchev–Trinajstić information content (AvgIpc) is 3.07. The molecule has 0 bridgehead atoms. The summed E-state index contributed by atoms with van der Waals surface area (Å²) in [6.07, 6.45) is 1.76. The Hall–Kier alpha value is -3.20. The van der Waals surface area contributed by atoms with Gasteiger partial charge in [-0.25, -0.2) is 0 Å². The van der Waals surface area contributed by atoms with E-state index in [1.54, 1.807) is 13.4 Å². The van der Waals surface area contributed by atoms with Gasteiger partial charge in [0, 0.05) is 10.9 Å². The molecule has 0 unspecified atom stereocenters. The first kappa shape index (κ1) is 14.4. The summed E-state index contributed by atoms with van der Waals surface area (Å²) in [7, 11) is 1.65. The Morgan fingerprint density at radius 1 is 0.750 bits per heavy atom. The lowest BCUT2D eigenvalue weighted by molar-refractivity contribution is 0.410. The maximum atomic E-state index is 5.83. The molecule has 4 aromatic rings. The molecule has 0 saturated heterocycles. The van der Waals surface area contributed by atoms with Crippen LogP contribution in [0.25, 0.3) is 22.1 Å². The van der Waals surface area contributed by atoms with E-state index in [0.29, 0.717) is 0 Å².